The first-order chi connectivity index (χ1) is 13.5. The number of hydrogen-bond acceptors (Lipinski definition) is 3. The molecule has 1 N–H and O–H groups in total. The first kappa shape index (κ1) is 18.7. The molecule has 1 aliphatic heterocycles. The molecule has 0 atom stereocenters. The number of benzene rings is 2. The molecular weight excluding hydrogens is 399 g/mol. The van der Waals surface area contributed by atoms with Crippen molar-refractivity contribution in [3.8, 4) is 0 Å². The molecule has 1 aliphatic rings. The van der Waals surface area contributed by atoms with Gasteiger partial charge >= 0.3 is 5.97 Å². The first-order valence-corrected chi connectivity index (χ1v) is 9.64. The van der Waals surface area contributed by atoms with Crippen molar-refractivity contribution in [3.63, 3.8) is 0 Å². The van der Waals surface area contributed by atoms with Gasteiger partial charge in [-0.3, -0.25) is 9.36 Å². The molecular formula is C21H16Cl2N2O3. The summed E-state index contributed by atoms with van der Waals surface area (Å²) < 4.78 is 1.67. The Morgan fingerprint density at radius 2 is 2.00 bits per heavy atom. The van der Waals surface area contributed by atoms with Gasteiger partial charge in [0.05, 0.1) is 26.5 Å². The van der Waals surface area contributed by atoms with Crippen LogP contribution in [0.3, 0.4) is 0 Å². The average Bonchev–Trinajstić information content (AvgIpc) is 2.88. The first-order valence-electron chi connectivity index (χ1n) is 8.88. The molecule has 0 amide bonds. The zero-order valence-corrected chi connectivity index (χ0v) is 16.3. The quantitative estimate of drug-likeness (QED) is 0.630. The van der Waals surface area contributed by atoms with Gasteiger partial charge in [0.25, 0.3) is 5.56 Å². The van der Waals surface area contributed by atoms with Crippen LogP contribution in [0.4, 0.5) is 0 Å². The van der Waals surface area contributed by atoms with Crippen LogP contribution in [0.25, 0.3) is 22.6 Å². The van der Waals surface area contributed by atoms with Crippen LogP contribution in [0, 0.1) is 0 Å². The van der Waals surface area contributed by atoms with E-state index in [1.165, 1.54) is 18.2 Å². The molecule has 28 heavy (non-hydrogen) atoms. The van der Waals surface area contributed by atoms with Crippen LogP contribution in [0.2, 0.25) is 10.0 Å². The summed E-state index contributed by atoms with van der Waals surface area (Å²) in [5.74, 6) is -0.506. The van der Waals surface area contributed by atoms with Gasteiger partial charge in [0, 0.05) is 6.54 Å². The molecule has 142 valence electrons. The second-order valence-electron chi connectivity index (χ2n) is 6.70. The Labute approximate surface area is 170 Å². The SMILES string of the molecule is O=C(O)c1ccc2c(=O)n3c(nc2c1)/C(=C\c1cccc(Cl)c1Cl)CCCC3. The van der Waals surface area contributed by atoms with E-state index in [0.29, 0.717) is 33.3 Å². The number of allylic oxidation sites excluding steroid dienone is 1. The fourth-order valence-corrected chi connectivity index (χ4v) is 3.82. The number of hydrogen-bond donors (Lipinski definition) is 1. The number of aromatic carboxylic acids is 1. The van der Waals surface area contributed by atoms with E-state index < -0.39 is 5.97 Å². The molecule has 1 aromatic heterocycles. The smallest absolute Gasteiger partial charge is 0.335 e. The van der Waals surface area contributed by atoms with Crippen molar-refractivity contribution in [2.75, 3.05) is 0 Å². The molecule has 0 spiro atoms. The Balaban J connectivity index is 1.97. The molecule has 2 aromatic carbocycles. The predicted octanol–water partition coefficient (Wildman–Crippen LogP) is 5.13. The molecule has 0 aliphatic carbocycles. The van der Waals surface area contributed by atoms with Crippen LogP contribution in [0.5, 0.6) is 0 Å². The summed E-state index contributed by atoms with van der Waals surface area (Å²) in [6, 6.07) is 9.80. The number of fused-ring (bicyclic) bond motifs is 2. The van der Waals surface area contributed by atoms with E-state index in [0.717, 1.165) is 30.4 Å². The molecule has 0 radical (unpaired) electrons. The van der Waals surface area contributed by atoms with Crippen LogP contribution in [-0.2, 0) is 6.54 Å². The number of carboxylic acids is 1. The van der Waals surface area contributed by atoms with E-state index >= 15 is 0 Å². The number of rotatable bonds is 2. The Morgan fingerprint density at radius 1 is 1.18 bits per heavy atom. The third-order valence-corrected chi connectivity index (χ3v) is 5.71. The summed E-state index contributed by atoms with van der Waals surface area (Å²) in [5, 5.41) is 10.6. The maximum Gasteiger partial charge on any atom is 0.335 e. The van der Waals surface area contributed by atoms with Crippen molar-refractivity contribution < 1.29 is 9.90 Å². The summed E-state index contributed by atoms with van der Waals surface area (Å²) in [5.41, 5.74) is 1.94. The highest BCUT2D eigenvalue weighted by molar-refractivity contribution is 6.43. The number of halogens is 2. The van der Waals surface area contributed by atoms with Crippen LogP contribution < -0.4 is 5.56 Å². The van der Waals surface area contributed by atoms with E-state index in [9.17, 15) is 14.7 Å². The third kappa shape index (κ3) is 3.32. The molecule has 0 fully saturated rings. The number of nitrogens with zero attached hydrogens (tertiary/aromatic N) is 2. The second-order valence-corrected chi connectivity index (χ2v) is 7.48. The van der Waals surface area contributed by atoms with Crippen molar-refractivity contribution in [1.82, 2.24) is 9.55 Å². The standard InChI is InChI=1S/C21H16Cl2N2O3/c22-16-6-3-5-12(18(16)23)10-13-4-1-2-9-25-19(13)24-17-11-14(21(27)28)7-8-15(17)20(25)26/h3,5-8,10-11H,1-2,4,9H2,(H,27,28)/b13-10-. The van der Waals surface area contributed by atoms with Gasteiger partial charge < -0.3 is 5.11 Å². The molecule has 2 heterocycles. The van der Waals surface area contributed by atoms with E-state index in [1.54, 1.807) is 10.6 Å². The Morgan fingerprint density at radius 3 is 2.79 bits per heavy atom. The van der Waals surface area contributed by atoms with Crippen molar-refractivity contribution >= 4 is 51.7 Å². The van der Waals surface area contributed by atoms with Crippen molar-refractivity contribution in [2.24, 2.45) is 0 Å². The lowest BCUT2D eigenvalue weighted by molar-refractivity contribution is 0.0697. The molecule has 0 saturated heterocycles. The third-order valence-electron chi connectivity index (χ3n) is 4.88. The van der Waals surface area contributed by atoms with Gasteiger partial charge in [0.1, 0.15) is 5.82 Å². The second kappa shape index (κ2) is 7.41. The fraction of sp³-hybridized carbons (Fsp3) is 0.190. The lowest BCUT2D eigenvalue weighted by Gasteiger charge is -2.13. The normalized spacial score (nSPS) is 15.4. The molecule has 0 bridgehead atoms. The summed E-state index contributed by atoms with van der Waals surface area (Å²) in [6.07, 6.45) is 4.40. The average molecular weight is 415 g/mol. The lowest BCUT2D eigenvalue weighted by Crippen LogP contribution is -2.24. The Kier molecular flexibility index (Phi) is 4.96. The summed E-state index contributed by atoms with van der Waals surface area (Å²) in [7, 11) is 0. The predicted molar refractivity (Wildman–Crippen MR) is 111 cm³/mol. The van der Waals surface area contributed by atoms with Crippen LogP contribution in [-0.4, -0.2) is 20.6 Å². The van der Waals surface area contributed by atoms with Gasteiger partial charge in [-0.25, -0.2) is 9.78 Å². The molecule has 5 nitrogen and oxygen atoms in total. The van der Waals surface area contributed by atoms with Crippen molar-refractivity contribution in [2.45, 2.75) is 25.8 Å². The van der Waals surface area contributed by atoms with E-state index in [2.05, 4.69) is 4.98 Å². The van der Waals surface area contributed by atoms with Gasteiger partial charge in [0.2, 0.25) is 0 Å². The highest BCUT2D eigenvalue weighted by Crippen LogP contribution is 2.31. The number of carboxylic acid groups (broad SMARTS) is 1. The summed E-state index contributed by atoms with van der Waals surface area (Å²) in [6.45, 7) is 0.568. The molecule has 0 unspecified atom stereocenters. The minimum atomic E-state index is -1.06. The minimum Gasteiger partial charge on any atom is -0.478 e. The maximum absolute atomic E-state index is 13.0. The van der Waals surface area contributed by atoms with Crippen LogP contribution in [0.1, 0.15) is 41.0 Å². The van der Waals surface area contributed by atoms with Gasteiger partial charge in [-0.15, -0.1) is 0 Å². The largest absolute Gasteiger partial charge is 0.478 e. The Bertz CT molecular complexity index is 1200. The summed E-state index contributed by atoms with van der Waals surface area (Å²) in [4.78, 5) is 29.0. The number of aromatic nitrogens is 2. The van der Waals surface area contributed by atoms with E-state index in [4.69, 9.17) is 23.2 Å². The van der Waals surface area contributed by atoms with E-state index in [1.807, 2.05) is 18.2 Å². The van der Waals surface area contributed by atoms with Gasteiger partial charge in [-0.1, -0.05) is 35.3 Å². The highest BCUT2D eigenvalue weighted by Gasteiger charge is 2.19. The van der Waals surface area contributed by atoms with Crippen molar-refractivity contribution in [1.29, 1.82) is 0 Å². The molecule has 3 aromatic rings. The van der Waals surface area contributed by atoms with Crippen LogP contribution in [0.15, 0.2) is 41.2 Å². The molecule has 0 saturated carbocycles. The van der Waals surface area contributed by atoms with E-state index in [-0.39, 0.29) is 11.1 Å². The van der Waals surface area contributed by atoms with Crippen LogP contribution >= 0.6 is 23.2 Å². The van der Waals surface area contributed by atoms with Gasteiger partial charge in [0.15, 0.2) is 0 Å². The minimum absolute atomic E-state index is 0.0985. The topological polar surface area (TPSA) is 72.2 Å². The maximum atomic E-state index is 13.0. The molecule has 4 rings (SSSR count). The highest BCUT2D eigenvalue weighted by atomic mass is 35.5. The van der Waals surface area contributed by atoms with Gasteiger partial charge in [-0.2, -0.15) is 0 Å². The zero-order chi connectivity index (χ0) is 19.8. The Hall–Kier alpha value is -2.63. The lowest BCUT2D eigenvalue weighted by atomic mass is 10.0. The van der Waals surface area contributed by atoms with Crippen molar-refractivity contribution in [3.05, 3.63) is 73.7 Å². The fourth-order valence-electron chi connectivity index (χ4n) is 3.46. The number of carbonyl (C=O) groups is 1. The summed E-state index contributed by atoms with van der Waals surface area (Å²) >= 11 is 12.5. The van der Waals surface area contributed by atoms with Gasteiger partial charge in [-0.05, 0) is 60.7 Å². The zero-order valence-electron chi connectivity index (χ0n) is 14.8. The monoisotopic (exact) mass is 414 g/mol. The molecule has 7 heteroatoms.